The van der Waals surface area contributed by atoms with Gasteiger partial charge in [-0.2, -0.15) is 10.2 Å². The summed E-state index contributed by atoms with van der Waals surface area (Å²) in [6, 6.07) is 5.98. The van der Waals surface area contributed by atoms with Gasteiger partial charge in [0.1, 0.15) is 12.7 Å². The molecule has 0 aliphatic carbocycles. The minimum absolute atomic E-state index is 0.0488. The first-order chi connectivity index (χ1) is 22.7. The number of rotatable bonds is 12. The molecule has 6 rings (SSSR count). The van der Waals surface area contributed by atoms with Crippen LogP contribution in [0.15, 0.2) is 74.1 Å². The second-order valence-electron chi connectivity index (χ2n) is 9.67. The smallest absolute Gasteiger partial charge is 0.358 e. The van der Waals surface area contributed by atoms with Crippen LogP contribution >= 0.6 is 0 Å². The molecule has 6 heterocycles. The Kier molecular flexibility index (Phi) is 8.19. The largest absolute Gasteiger partial charge is 0.476 e. The summed E-state index contributed by atoms with van der Waals surface area (Å²) >= 11 is 0. The van der Waals surface area contributed by atoms with Gasteiger partial charge in [-0.3, -0.25) is 28.1 Å². The summed E-state index contributed by atoms with van der Waals surface area (Å²) in [5.41, 5.74) is -0.984. The molecule has 0 radical (unpaired) electrons. The van der Waals surface area contributed by atoms with Gasteiger partial charge >= 0.3 is 11.9 Å². The first-order valence-corrected chi connectivity index (χ1v) is 13.6. The van der Waals surface area contributed by atoms with Gasteiger partial charge in [-0.25, -0.2) is 19.6 Å². The molecule has 20 heteroatoms. The Bertz CT molecular complexity index is 1900. The maximum atomic E-state index is 12.8. The topological polar surface area (TPSA) is 256 Å². The van der Waals surface area contributed by atoms with Crippen LogP contribution in [0.2, 0.25) is 0 Å². The second-order valence-corrected chi connectivity index (χ2v) is 9.67. The van der Waals surface area contributed by atoms with Crippen molar-refractivity contribution >= 4 is 35.1 Å². The summed E-state index contributed by atoms with van der Waals surface area (Å²) in [5.74, 6) is -3.23. The summed E-state index contributed by atoms with van der Waals surface area (Å²) in [6.45, 7) is 0.358. The fourth-order valence-electron chi connectivity index (χ4n) is 4.30. The van der Waals surface area contributed by atoms with Crippen molar-refractivity contribution in [3.05, 3.63) is 96.9 Å². The molecule has 0 unspecified atom stereocenters. The number of carbonyl (C=O) groups excluding carboxylic acids is 2. The minimum atomic E-state index is -1.36. The number of carboxylic acids is 2. The minimum Gasteiger partial charge on any atom is -0.476 e. The number of anilines is 2. The molecular weight excluding hydrogens is 616 g/mol. The van der Waals surface area contributed by atoms with Crippen molar-refractivity contribution in [1.82, 2.24) is 59.1 Å². The van der Waals surface area contributed by atoms with Gasteiger partial charge in [0, 0.05) is 50.3 Å². The Hall–Kier alpha value is -7.12. The molecule has 20 nitrogen and oxygen atoms in total. The zero-order valence-corrected chi connectivity index (χ0v) is 23.9. The quantitative estimate of drug-likeness (QED) is 0.146. The number of hydrogen-bond acceptors (Lipinski definition) is 12. The van der Waals surface area contributed by atoms with Crippen LogP contribution in [0, 0.1) is 0 Å². The Morgan fingerprint density at radius 1 is 0.638 bits per heavy atom. The molecule has 0 saturated carbocycles. The molecule has 0 fully saturated rings. The zero-order valence-electron chi connectivity index (χ0n) is 23.9. The molecule has 0 aliphatic rings. The van der Waals surface area contributed by atoms with Crippen LogP contribution in [0.1, 0.15) is 48.4 Å². The highest BCUT2D eigenvalue weighted by Gasteiger charge is 2.21. The van der Waals surface area contributed by atoms with Gasteiger partial charge < -0.3 is 20.8 Å². The molecule has 0 spiro atoms. The molecule has 4 N–H and O–H groups in total. The van der Waals surface area contributed by atoms with E-state index in [2.05, 4.69) is 51.2 Å². The van der Waals surface area contributed by atoms with E-state index in [-0.39, 0.29) is 47.2 Å². The van der Waals surface area contributed by atoms with Crippen molar-refractivity contribution in [2.45, 2.75) is 19.5 Å². The molecule has 0 aliphatic heterocycles. The Balaban J connectivity index is 1.08. The van der Waals surface area contributed by atoms with Gasteiger partial charge in [0.05, 0.1) is 11.4 Å². The van der Waals surface area contributed by atoms with Crippen LogP contribution in [0.5, 0.6) is 0 Å². The first kappa shape index (κ1) is 29.9. The monoisotopic (exact) mass is 638 g/mol. The molecule has 2 amide bonds. The third-order valence-electron chi connectivity index (χ3n) is 6.50. The molecule has 0 bridgehead atoms. The first-order valence-electron chi connectivity index (χ1n) is 13.6. The average molecular weight is 639 g/mol. The Morgan fingerprint density at radius 2 is 1.09 bits per heavy atom. The standard InChI is InChI=1S/C27H22N14O6/c42-24(16-2-4-20(34-32-16)38-10-6-28-14-38)30-18-12-40(36-22(18)26(44)45)8-1-9-41-13-19(23(37-41)27(46)47)31-25(43)17-3-5-21(35-33-17)39-11-7-29-15-39/h2-7,10-15H,1,8-9H2,(H,30,42)(H,31,43)(H,44,45)(H,46,47). The molecular formula is C27H22N14O6. The molecule has 0 saturated heterocycles. The number of amides is 2. The number of hydrogen-bond donors (Lipinski definition) is 4. The number of nitrogens with one attached hydrogen (secondary N) is 2. The highest BCUT2D eigenvalue weighted by Crippen LogP contribution is 2.18. The zero-order chi connectivity index (χ0) is 32.9. The molecule has 0 atom stereocenters. The summed E-state index contributed by atoms with van der Waals surface area (Å²) in [7, 11) is 0. The van der Waals surface area contributed by atoms with Crippen molar-refractivity contribution in [2.75, 3.05) is 10.6 Å². The van der Waals surface area contributed by atoms with Gasteiger partial charge in [-0.05, 0) is 30.7 Å². The van der Waals surface area contributed by atoms with E-state index >= 15 is 0 Å². The van der Waals surface area contributed by atoms with Gasteiger partial charge in [-0.15, -0.1) is 20.4 Å². The van der Waals surface area contributed by atoms with E-state index in [4.69, 9.17) is 0 Å². The lowest BCUT2D eigenvalue weighted by Gasteiger charge is -2.04. The number of aromatic nitrogens is 12. The van der Waals surface area contributed by atoms with Crippen molar-refractivity contribution in [3.8, 4) is 11.6 Å². The van der Waals surface area contributed by atoms with Crippen molar-refractivity contribution in [3.63, 3.8) is 0 Å². The average Bonchev–Trinajstić information content (AvgIpc) is 3.89. The lowest BCUT2D eigenvalue weighted by Crippen LogP contribution is -2.16. The Morgan fingerprint density at radius 3 is 1.43 bits per heavy atom. The number of aryl methyl sites for hydroxylation is 2. The Labute approximate surface area is 262 Å². The van der Waals surface area contributed by atoms with E-state index in [1.165, 1.54) is 46.5 Å². The molecule has 236 valence electrons. The second kappa shape index (κ2) is 12.9. The predicted octanol–water partition coefficient (Wildman–Crippen LogP) is 1.02. The van der Waals surface area contributed by atoms with Gasteiger partial charge in [-0.1, -0.05) is 0 Å². The van der Waals surface area contributed by atoms with Crippen LogP contribution in [-0.2, 0) is 13.1 Å². The van der Waals surface area contributed by atoms with E-state index < -0.39 is 23.8 Å². The molecule has 47 heavy (non-hydrogen) atoms. The predicted molar refractivity (Wildman–Crippen MR) is 157 cm³/mol. The number of carboxylic acid groups (broad SMARTS) is 2. The third kappa shape index (κ3) is 6.69. The van der Waals surface area contributed by atoms with E-state index in [9.17, 15) is 29.4 Å². The van der Waals surface area contributed by atoms with Gasteiger partial charge in [0.25, 0.3) is 11.8 Å². The van der Waals surface area contributed by atoms with Crippen LogP contribution in [0.3, 0.4) is 0 Å². The van der Waals surface area contributed by atoms with Crippen LogP contribution in [0.4, 0.5) is 11.4 Å². The number of nitrogens with zero attached hydrogens (tertiary/aromatic N) is 12. The maximum absolute atomic E-state index is 12.8. The SMILES string of the molecule is O=C(Nc1cn(CCCn2cc(NC(=O)c3ccc(-n4ccnc4)nn3)c(C(=O)O)n2)nc1C(=O)O)c1ccc(-n2ccnc2)nn1. The molecule has 6 aromatic rings. The van der Waals surface area contributed by atoms with E-state index in [1.807, 2.05) is 0 Å². The van der Waals surface area contributed by atoms with Crippen molar-refractivity contribution in [1.29, 1.82) is 0 Å². The normalized spacial score (nSPS) is 10.9. The summed E-state index contributed by atoms with van der Waals surface area (Å²) < 4.78 is 5.85. The summed E-state index contributed by atoms with van der Waals surface area (Å²) in [6.07, 6.45) is 12.5. The molecule has 6 aromatic heterocycles. The van der Waals surface area contributed by atoms with E-state index in [0.717, 1.165) is 0 Å². The summed E-state index contributed by atoms with van der Waals surface area (Å²) in [5, 5.41) is 48.1. The highest BCUT2D eigenvalue weighted by molar-refractivity contribution is 6.06. The lowest BCUT2D eigenvalue weighted by molar-refractivity contribution is 0.0680. The number of carbonyl (C=O) groups is 4. The lowest BCUT2D eigenvalue weighted by atomic mass is 10.3. The molecule has 0 aromatic carbocycles. The van der Waals surface area contributed by atoms with E-state index in [0.29, 0.717) is 18.1 Å². The third-order valence-corrected chi connectivity index (χ3v) is 6.50. The highest BCUT2D eigenvalue weighted by atomic mass is 16.4. The van der Waals surface area contributed by atoms with E-state index in [1.54, 1.807) is 46.1 Å². The van der Waals surface area contributed by atoms with Gasteiger partial charge in [0.15, 0.2) is 34.4 Å². The fourth-order valence-corrected chi connectivity index (χ4v) is 4.30. The van der Waals surface area contributed by atoms with Crippen molar-refractivity contribution < 1.29 is 29.4 Å². The number of aromatic carboxylic acids is 2. The fraction of sp³-hybridized carbons (Fsp3) is 0.111. The summed E-state index contributed by atoms with van der Waals surface area (Å²) in [4.78, 5) is 57.0. The number of imidazole rings is 2. The van der Waals surface area contributed by atoms with Crippen molar-refractivity contribution in [2.24, 2.45) is 0 Å². The van der Waals surface area contributed by atoms with Gasteiger partial charge in [0.2, 0.25) is 0 Å². The maximum Gasteiger partial charge on any atom is 0.358 e. The van der Waals surface area contributed by atoms with Crippen LogP contribution < -0.4 is 10.6 Å². The van der Waals surface area contributed by atoms with Crippen LogP contribution in [-0.4, -0.2) is 93.0 Å². The van der Waals surface area contributed by atoms with Crippen LogP contribution in [0.25, 0.3) is 11.6 Å².